The van der Waals surface area contributed by atoms with Crippen LogP contribution in [0.5, 0.6) is 0 Å². The number of hydrogen-bond acceptors (Lipinski definition) is 2. The molecule has 1 aliphatic heterocycles. The molecule has 20 heavy (non-hydrogen) atoms. The van der Waals surface area contributed by atoms with Crippen LogP contribution >= 0.6 is 0 Å². The number of piperidine rings is 1. The molecule has 1 N–H and O–H groups in total. The van der Waals surface area contributed by atoms with Crippen LogP contribution in [0.4, 0.5) is 5.69 Å². The molecule has 1 saturated carbocycles. The highest BCUT2D eigenvalue weighted by Gasteiger charge is 2.22. The Hall–Kier alpha value is -1.02. The Bertz CT molecular complexity index is 412. The number of nitrogens with zero attached hydrogens (tertiary/aromatic N) is 1. The summed E-state index contributed by atoms with van der Waals surface area (Å²) in [6.07, 6.45) is 5.43. The van der Waals surface area contributed by atoms with Gasteiger partial charge in [-0.05, 0) is 55.2 Å². The molecule has 2 aliphatic rings. The molecular weight excluding hydrogens is 244 g/mol. The van der Waals surface area contributed by atoms with Crippen LogP contribution in [0.1, 0.15) is 45.1 Å². The van der Waals surface area contributed by atoms with E-state index in [9.17, 15) is 0 Å². The third-order valence-electron chi connectivity index (χ3n) is 4.96. The molecule has 0 bridgehead atoms. The summed E-state index contributed by atoms with van der Waals surface area (Å²) in [6.45, 7) is 8.20. The van der Waals surface area contributed by atoms with Gasteiger partial charge in [-0.1, -0.05) is 26.0 Å². The number of anilines is 1. The van der Waals surface area contributed by atoms with E-state index in [1.165, 1.54) is 50.0 Å². The zero-order valence-corrected chi connectivity index (χ0v) is 12.9. The molecule has 1 aliphatic carbocycles. The van der Waals surface area contributed by atoms with E-state index in [0.717, 1.165) is 24.4 Å². The van der Waals surface area contributed by atoms with Crippen LogP contribution in [0.15, 0.2) is 24.3 Å². The lowest BCUT2D eigenvalue weighted by atomic mass is 9.86. The Labute approximate surface area is 123 Å². The second-order valence-corrected chi connectivity index (χ2v) is 6.89. The Morgan fingerprint density at radius 3 is 2.25 bits per heavy atom. The molecule has 2 nitrogen and oxygen atoms in total. The maximum Gasteiger partial charge on any atom is 0.0366 e. The largest absolute Gasteiger partial charge is 0.372 e. The van der Waals surface area contributed by atoms with Gasteiger partial charge < -0.3 is 10.2 Å². The first-order chi connectivity index (χ1) is 9.72. The fraction of sp³-hybridized carbons (Fsp3) is 0.667. The van der Waals surface area contributed by atoms with Gasteiger partial charge in [-0.2, -0.15) is 0 Å². The second kappa shape index (κ2) is 6.17. The van der Waals surface area contributed by atoms with Gasteiger partial charge in [0, 0.05) is 31.4 Å². The van der Waals surface area contributed by atoms with Gasteiger partial charge in [-0.3, -0.25) is 0 Å². The summed E-state index contributed by atoms with van der Waals surface area (Å²) in [5.74, 6) is 1.77. The van der Waals surface area contributed by atoms with Crippen molar-refractivity contribution in [2.45, 2.75) is 52.1 Å². The Kier molecular flexibility index (Phi) is 4.30. The number of benzene rings is 1. The fourth-order valence-electron chi connectivity index (χ4n) is 3.20. The van der Waals surface area contributed by atoms with Gasteiger partial charge in [0.25, 0.3) is 0 Å². The van der Waals surface area contributed by atoms with Crippen molar-refractivity contribution in [2.75, 3.05) is 18.0 Å². The minimum absolute atomic E-state index is 0.796. The summed E-state index contributed by atoms with van der Waals surface area (Å²) in [5, 5.41) is 3.58. The molecule has 0 radical (unpaired) electrons. The molecule has 1 heterocycles. The molecule has 0 atom stereocenters. The normalized spacial score (nSPS) is 20.6. The molecule has 0 unspecified atom stereocenters. The zero-order valence-electron chi connectivity index (χ0n) is 12.9. The van der Waals surface area contributed by atoms with Gasteiger partial charge in [0.15, 0.2) is 0 Å². The van der Waals surface area contributed by atoms with Crippen molar-refractivity contribution >= 4 is 5.69 Å². The molecule has 110 valence electrons. The van der Waals surface area contributed by atoms with Crippen molar-refractivity contribution in [1.82, 2.24) is 5.32 Å². The number of nitrogens with one attached hydrogen (secondary N) is 1. The lowest BCUT2D eigenvalue weighted by Gasteiger charge is -2.35. The molecular formula is C18H28N2. The molecule has 2 heteroatoms. The molecule has 1 aromatic carbocycles. The molecule has 0 spiro atoms. The summed E-state index contributed by atoms with van der Waals surface area (Å²) in [7, 11) is 0. The predicted octanol–water partition coefficient (Wildman–Crippen LogP) is 3.81. The van der Waals surface area contributed by atoms with Crippen molar-refractivity contribution in [2.24, 2.45) is 11.8 Å². The summed E-state index contributed by atoms with van der Waals surface area (Å²) in [6, 6.07) is 9.99. The minimum Gasteiger partial charge on any atom is -0.372 e. The monoisotopic (exact) mass is 272 g/mol. The van der Waals surface area contributed by atoms with E-state index >= 15 is 0 Å². The van der Waals surface area contributed by atoms with E-state index < -0.39 is 0 Å². The van der Waals surface area contributed by atoms with Gasteiger partial charge in [0.05, 0.1) is 0 Å². The van der Waals surface area contributed by atoms with E-state index in [1.54, 1.807) is 0 Å². The molecule has 1 saturated heterocycles. The average molecular weight is 272 g/mol. The standard InChI is InChI=1S/C18H28N2/c1-14(2)16-9-11-20(12-10-16)18-7-3-15(4-8-18)13-19-17-5-6-17/h3-4,7-8,14,16-17,19H,5-6,9-13H2,1-2H3. The lowest BCUT2D eigenvalue weighted by molar-refractivity contribution is 0.311. The summed E-state index contributed by atoms with van der Waals surface area (Å²) >= 11 is 0. The highest BCUT2D eigenvalue weighted by molar-refractivity contribution is 5.48. The van der Waals surface area contributed by atoms with Gasteiger partial charge in [-0.15, -0.1) is 0 Å². The Morgan fingerprint density at radius 2 is 1.70 bits per heavy atom. The highest BCUT2D eigenvalue weighted by atomic mass is 15.1. The molecule has 1 aromatic rings. The molecule has 3 rings (SSSR count). The van der Waals surface area contributed by atoms with Crippen LogP contribution in [0, 0.1) is 11.8 Å². The summed E-state index contributed by atoms with van der Waals surface area (Å²) < 4.78 is 0. The van der Waals surface area contributed by atoms with Crippen LogP contribution < -0.4 is 10.2 Å². The van der Waals surface area contributed by atoms with Crippen LogP contribution in [0.2, 0.25) is 0 Å². The fourth-order valence-corrected chi connectivity index (χ4v) is 3.20. The van der Waals surface area contributed by atoms with Gasteiger partial charge in [0.1, 0.15) is 0 Å². The predicted molar refractivity (Wildman–Crippen MR) is 86.1 cm³/mol. The second-order valence-electron chi connectivity index (χ2n) is 6.89. The maximum absolute atomic E-state index is 3.58. The average Bonchev–Trinajstić information content (AvgIpc) is 3.30. The van der Waals surface area contributed by atoms with E-state index in [1.807, 2.05) is 0 Å². The van der Waals surface area contributed by atoms with Crippen molar-refractivity contribution in [1.29, 1.82) is 0 Å². The van der Waals surface area contributed by atoms with Crippen LogP contribution in [-0.2, 0) is 6.54 Å². The quantitative estimate of drug-likeness (QED) is 0.877. The van der Waals surface area contributed by atoms with Crippen molar-refractivity contribution in [3.05, 3.63) is 29.8 Å². The number of rotatable bonds is 5. The first-order valence-electron chi connectivity index (χ1n) is 8.29. The van der Waals surface area contributed by atoms with Crippen molar-refractivity contribution in [3.63, 3.8) is 0 Å². The van der Waals surface area contributed by atoms with E-state index in [-0.39, 0.29) is 0 Å². The number of hydrogen-bond donors (Lipinski definition) is 1. The highest BCUT2D eigenvalue weighted by Crippen LogP contribution is 2.28. The van der Waals surface area contributed by atoms with Gasteiger partial charge >= 0.3 is 0 Å². The lowest BCUT2D eigenvalue weighted by Crippen LogP contribution is -2.35. The first-order valence-corrected chi connectivity index (χ1v) is 8.29. The summed E-state index contributed by atoms with van der Waals surface area (Å²) in [5.41, 5.74) is 2.82. The Morgan fingerprint density at radius 1 is 1.05 bits per heavy atom. The third kappa shape index (κ3) is 3.54. The smallest absolute Gasteiger partial charge is 0.0366 e. The van der Waals surface area contributed by atoms with E-state index in [0.29, 0.717) is 0 Å². The first kappa shape index (κ1) is 13.9. The Balaban J connectivity index is 1.52. The van der Waals surface area contributed by atoms with Gasteiger partial charge in [0.2, 0.25) is 0 Å². The van der Waals surface area contributed by atoms with E-state index in [4.69, 9.17) is 0 Å². The molecule has 2 fully saturated rings. The minimum atomic E-state index is 0.796. The zero-order chi connectivity index (χ0) is 13.9. The van der Waals surface area contributed by atoms with Crippen molar-refractivity contribution < 1.29 is 0 Å². The third-order valence-corrected chi connectivity index (χ3v) is 4.96. The van der Waals surface area contributed by atoms with Crippen LogP contribution in [0.3, 0.4) is 0 Å². The van der Waals surface area contributed by atoms with Crippen molar-refractivity contribution in [3.8, 4) is 0 Å². The van der Waals surface area contributed by atoms with E-state index in [2.05, 4.69) is 48.3 Å². The SMILES string of the molecule is CC(C)C1CCN(c2ccc(CNC3CC3)cc2)CC1. The molecule has 0 aromatic heterocycles. The maximum atomic E-state index is 3.58. The van der Waals surface area contributed by atoms with Crippen LogP contribution in [0.25, 0.3) is 0 Å². The summed E-state index contributed by atoms with van der Waals surface area (Å²) in [4.78, 5) is 2.55. The van der Waals surface area contributed by atoms with Crippen LogP contribution in [-0.4, -0.2) is 19.1 Å². The molecule has 0 amide bonds. The van der Waals surface area contributed by atoms with Gasteiger partial charge in [-0.25, -0.2) is 0 Å². The topological polar surface area (TPSA) is 15.3 Å².